The lowest BCUT2D eigenvalue weighted by Crippen LogP contribution is -2.44. The van der Waals surface area contributed by atoms with Crippen LogP contribution >= 0.6 is 0 Å². The van der Waals surface area contributed by atoms with Gasteiger partial charge in [-0.3, -0.25) is 0 Å². The first-order valence-corrected chi connectivity index (χ1v) is 7.54. The van der Waals surface area contributed by atoms with E-state index in [1.54, 1.807) is 0 Å². The molecule has 1 aliphatic rings. The van der Waals surface area contributed by atoms with Crippen LogP contribution in [0.1, 0.15) is 24.0 Å². The second-order valence-electron chi connectivity index (χ2n) is 5.76. The van der Waals surface area contributed by atoms with Crippen LogP contribution in [-0.4, -0.2) is 49.3 Å². The highest BCUT2D eigenvalue weighted by Gasteiger charge is 2.32. The molecule has 2 rings (SSSR count). The number of aliphatic hydroxyl groups is 1. The molecule has 0 unspecified atom stereocenters. The number of hydrogen-bond acceptors (Lipinski definition) is 4. The maximum absolute atomic E-state index is 12.7. The summed E-state index contributed by atoms with van der Waals surface area (Å²) in [6.07, 6.45) is -2.74. The Bertz CT molecular complexity index is 575. The van der Waals surface area contributed by atoms with E-state index in [2.05, 4.69) is 4.90 Å². The van der Waals surface area contributed by atoms with Crippen LogP contribution in [0.3, 0.4) is 0 Å². The molecule has 0 amide bonds. The number of nitriles is 1. The maximum Gasteiger partial charge on any atom is 0.416 e. The summed E-state index contributed by atoms with van der Waals surface area (Å²) in [5.74, 6) is 0. The van der Waals surface area contributed by atoms with Crippen molar-refractivity contribution in [3.63, 3.8) is 0 Å². The molecule has 0 spiro atoms. The van der Waals surface area contributed by atoms with E-state index in [9.17, 15) is 13.2 Å². The molecule has 1 aliphatic heterocycles. The molecule has 0 atom stereocenters. The van der Waals surface area contributed by atoms with E-state index >= 15 is 0 Å². The van der Waals surface area contributed by atoms with Crippen molar-refractivity contribution in [1.82, 2.24) is 4.90 Å². The van der Waals surface area contributed by atoms with E-state index in [0.717, 1.165) is 25.0 Å². The highest BCUT2D eigenvalue weighted by Crippen LogP contribution is 2.33. The lowest BCUT2D eigenvalue weighted by atomic mass is 10.0. The van der Waals surface area contributed by atoms with Gasteiger partial charge in [-0.05, 0) is 38.1 Å². The Morgan fingerprint density at radius 2 is 2.00 bits per heavy atom. The van der Waals surface area contributed by atoms with E-state index < -0.39 is 11.7 Å². The second kappa shape index (κ2) is 7.20. The molecule has 1 heterocycles. The summed E-state index contributed by atoms with van der Waals surface area (Å²) >= 11 is 0. The fourth-order valence-electron chi connectivity index (χ4n) is 2.97. The molecule has 0 aliphatic carbocycles. The van der Waals surface area contributed by atoms with Crippen LogP contribution in [0.15, 0.2) is 18.2 Å². The van der Waals surface area contributed by atoms with E-state index in [4.69, 9.17) is 10.4 Å². The average Bonchev–Trinajstić information content (AvgIpc) is 2.53. The van der Waals surface area contributed by atoms with Crippen LogP contribution in [0.5, 0.6) is 0 Å². The molecule has 23 heavy (non-hydrogen) atoms. The molecule has 1 aromatic carbocycles. The highest BCUT2D eigenvalue weighted by atomic mass is 19.4. The standard InChI is InChI=1S/C16H20F3N3O/c1-21(8-9-23)14-4-6-22(7-5-14)15-3-2-13(16(17,18)19)10-12(15)11-20/h2-3,10,14,23H,4-9H2,1H3. The van der Waals surface area contributed by atoms with Crippen molar-refractivity contribution < 1.29 is 18.3 Å². The van der Waals surface area contributed by atoms with E-state index in [-0.39, 0.29) is 12.2 Å². The zero-order valence-electron chi connectivity index (χ0n) is 13.0. The summed E-state index contributed by atoms with van der Waals surface area (Å²) in [5.41, 5.74) is -0.180. The lowest BCUT2D eigenvalue weighted by molar-refractivity contribution is -0.137. The number of halogens is 3. The van der Waals surface area contributed by atoms with Crippen molar-refractivity contribution in [2.24, 2.45) is 0 Å². The molecular formula is C16H20F3N3O. The molecule has 1 fully saturated rings. The molecule has 1 saturated heterocycles. The topological polar surface area (TPSA) is 50.5 Å². The number of likely N-dealkylation sites (N-methyl/N-ethyl adjacent to an activating group) is 1. The minimum absolute atomic E-state index is 0.0574. The Morgan fingerprint density at radius 3 is 2.52 bits per heavy atom. The second-order valence-corrected chi connectivity index (χ2v) is 5.76. The number of benzene rings is 1. The largest absolute Gasteiger partial charge is 0.416 e. The molecule has 0 bridgehead atoms. The lowest BCUT2D eigenvalue weighted by Gasteiger charge is -2.38. The number of nitrogens with zero attached hydrogens (tertiary/aromatic N) is 3. The summed E-state index contributed by atoms with van der Waals surface area (Å²) in [4.78, 5) is 4.05. The molecular weight excluding hydrogens is 307 g/mol. The first-order valence-electron chi connectivity index (χ1n) is 7.54. The van der Waals surface area contributed by atoms with E-state index in [1.807, 2.05) is 18.0 Å². The molecule has 0 saturated carbocycles. The third-order valence-corrected chi connectivity index (χ3v) is 4.33. The average molecular weight is 327 g/mol. The zero-order chi connectivity index (χ0) is 17.0. The van der Waals surface area contributed by atoms with Gasteiger partial charge in [-0.2, -0.15) is 18.4 Å². The quantitative estimate of drug-likeness (QED) is 0.923. The first kappa shape index (κ1) is 17.6. The highest BCUT2D eigenvalue weighted by molar-refractivity contribution is 5.61. The molecule has 1 aromatic rings. The van der Waals surface area contributed by atoms with Gasteiger partial charge in [-0.1, -0.05) is 0 Å². The molecule has 0 aromatic heterocycles. The van der Waals surface area contributed by atoms with Crippen LogP contribution in [0.2, 0.25) is 0 Å². The Morgan fingerprint density at radius 1 is 1.35 bits per heavy atom. The van der Waals surface area contributed by atoms with Crippen LogP contribution in [0.4, 0.5) is 18.9 Å². The fourth-order valence-corrected chi connectivity index (χ4v) is 2.97. The van der Waals surface area contributed by atoms with E-state index in [1.165, 1.54) is 6.07 Å². The zero-order valence-corrected chi connectivity index (χ0v) is 13.0. The maximum atomic E-state index is 12.7. The van der Waals surface area contributed by atoms with Crippen molar-refractivity contribution in [1.29, 1.82) is 5.26 Å². The Kier molecular flexibility index (Phi) is 5.50. The minimum atomic E-state index is -4.44. The summed E-state index contributed by atoms with van der Waals surface area (Å²) in [7, 11) is 1.95. The third kappa shape index (κ3) is 4.15. The SMILES string of the molecule is CN(CCO)C1CCN(c2ccc(C(F)(F)F)cc2C#N)CC1. The summed E-state index contributed by atoms with van der Waals surface area (Å²) in [5, 5.41) is 18.1. The van der Waals surface area contributed by atoms with Crippen LogP contribution in [0.25, 0.3) is 0 Å². The van der Waals surface area contributed by atoms with E-state index in [0.29, 0.717) is 31.4 Å². The van der Waals surface area contributed by atoms with Crippen molar-refractivity contribution in [2.45, 2.75) is 25.1 Å². The van der Waals surface area contributed by atoms with Crippen LogP contribution in [-0.2, 0) is 6.18 Å². The molecule has 0 radical (unpaired) electrons. The number of hydrogen-bond donors (Lipinski definition) is 1. The van der Waals surface area contributed by atoms with Gasteiger partial charge in [0.1, 0.15) is 6.07 Å². The van der Waals surface area contributed by atoms with Gasteiger partial charge in [0.15, 0.2) is 0 Å². The van der Waals surface area contributed by atoms with Crippen molar-refractivity contribution in [3.05, 3.63) is 29.3 Å². The van der Waals surface area contributed by atoms with Gasteiger partial charge >= 0.3 is 6.18 Å². The van der Waals surface area contributed by atoms with Gasteiger partial charge in [-0.15, -0.1) is 0 Å². The summed E-state index contributed by atoms with van der Waals surface area (Å²) in [6.45, 7) is 2.07. The Labute approximate surface area is 133 Å². The van der Waals surface area contributed by atoms with Crippen LogP contribution < -0.4 is 4.90 Å². The third-order valence-electron chi connectivity index (χ3n) is 4.33. The van der Waals surface area contributed by atoms with Crippen molar-refractivity contribution in [2.75, 3.05) is 38.2 Å². The number of rotatable bonds is 4. The number of alkyl halides is 3. The summed E-state index contributed by atoms with van der Waals surface area (Å²) in [6, 6.07) is 5.55. The normalized spacial score (nSPS) is 16.7. The molecule has 4 nitrogen and oxygen atoms in total. The minimum Gasteiger partial charge on any atom is -0.395 e. The van der Waals surface area contributed by atoms with Crippen LogP contribution in [0, 0.1) is 11.3 Å². The number of aliphatic hydroxyl groups excluding tert-OH is 1. The van der Waals surface area contributed by atoms with Gasteiger partial charge in [-0.25, -0.2) is 0 Å². The van der Waals surface area contributed by atoms with Gasteiger partial charge < -0.3 is 14.9 Å². The van der Waals surface area contributed by atoms with Gasteiger partial charge in [0.25, 0.3) is 0 Å². The smallest absolute Gasteiger partial charge is 0.395 e. The van der Waals surface area contributed by atoms with Crippen molar-refractivity contribution >= 4 is 5.69 Å². The van der Waals surface area contributed by atoms with Crippen molar-refractivity contribution in [3.8, 4) is 6.07 Å². The predicted octanol–water partition coefficient (Wildman–Crippen LogP) is 2.47. The monoisotopic (exact) mass is 327 g/mol. The predicted molar refractivity (Wildman–Crippen MR) is 81.1 cm³/mol. The molecule has 1 N–H and O–H groups in total. The summed E-state index contributed by atoms with van der Waals surface area (Å²) < 4.78 is 38.2. The Hall–Kier alpha value is -1.78. The molecule has 126 valence electrons. The molecule has 7 heteroatoms. The van der Waals surface area contributed by atoms with Gasteiger partial charge in [0.2, 0.25) is 0 Å². The Balaban J connectivity index is 2.11. The number of piperidine rings is 1. The van der Waals surface area contributed by atoms with Gasteiger partial charge in [0, 0.05) is 25.7 Å². The van der Waals surface area contributed by atoms with Gasteiger partial charge in [0.05, 0.1) is 23.4 Å². The number of anilines is 1. The fraction of sp³-hybridized carbons (Fsp3) is 0.562. The first-order chi connectivity index (χ1) is 10.9.